The largest absolute Gasteiger partial charge is 0.325 e. The van der Waals surface area contributed by atoms with Gasteiger partial charge in [-0.2, -0.15) is 0 Å². The van der Waals surface area contributed by atoms with Crippen LogP contribution in [0.5, 0.6) is 0 Å². The van der Waals surface area contributed by atoms with Crippen LogP contribution in [-0.4, -0.2) is 30.8 Å². The number of non-ortho nitro benzene ring substituents is 1. The lowest BCUT2D eigenvalue weighted by molar-refractivity contribution is -0.384. The van der Waals surface area contributed by atoms with Gasteiger partial charge < -0.3 is 5.32 Å². The Morgan fingerprint density at radius 3 is 2.33 bits per heavy atom. The van der Waals surface area contributed by atoms with Crippen molar-refractivity contribution < 1.29 is 22.5 Å². The number of aromatic nitrogens is 1. The van der Waals surface area contributed by atoms with Crippen LogP contribution in [0.15, 0.2) is 78.0 Å². The molecule has 30 heavy (non-hydrogen) atoms. The lowest BCUT2D eigenvalue weighted by atomic mass is 10.3. The average Bonchev–Trinajstić information content (AvgIpc) is 2.74. The van der Waals surface area contributed by atoms with Gasteiger partial charge >= 0.3 is 0 Å². The normalized spacial score (nSPS) is 11.0. The van der Waals surface area contributed by atoms with Gasteiger partial charge in [-0.1, -0.05) is 0 Å². The number of nitrogens with zero attached hydrogens (tertiary/aromatic N) is 3. The molecule has 1 amide bonds. The van der Waals surface area contributed by atoms with Gasteiger partial charge in [-0.05, 0) is 48.5 Å². The third kappa shape index (κ3) is 4.75. The summed E-state index contributed by atoms with van der Waals surface area (Å²) < 4.78 is 40.3. The fourth-order valence-corrected chi connectivity index (χ4v) is 3.93. The Morgan fingerprint density at radius 2 is 1.77 bits per heavy atom. The van der Waals surface area contributed by atoms with E-state index in [0.29, 0.717) is 0 Å². The number of benzene rings is 2. The average molecular weight is 430 g/mol. The van der Waals surface area contributed by atoms with Crippen LogP contribution in [0.1, 0.15) is 0 Å². The molecule has 0 aliphatic carbocycles. The van der Waals surface area contributed by atoms with Crippen molar-refractivity contribution in [3.05, 3.63) is 89.0 Å². The van der Waals surface area contributed by atoms with E-state index in [1.54, 1.807) is 0 Å². The fourth-order valence-electron chi connectivity index (χ4n) is 2.55. The van der Waals surface area contributed by atoms with Crippen molar-refractivity contribution in [3.8, 4) is 0 Å². The van der Waals surface area contributed by atoms with Crippen LogP contribution in [0.25, 0.3) is 0 Å². The topological polar surface area (TPSA) is 123 Å². The minimum Gasteiger partial charge on any atom is -0.325 e. The van der Waals surface area contributed by atoms with Crippen LogP contribution in [0.2, 0.25) is 0 Å². The second-order valence-corrected chi connectivity index (χ2v) is 7.89. The Morgan fingerprint density at radius 1 is 1.10 bits per heavy atom. The lowest BCUT2D eigenvalue weighted by Crippen LogP contribution is -2.38. The summed E-state index contributed by atoms with van der Waals surface area (Å²) >= 11 is 0. The molecule has 0 aliphatic rings. The van der Waals surface area contributed by atoms with Gasteiger partial charge in [0.05, 0.1) is 10.6 Å². The van der Waals surface area contributed by atoms with Crippen molar-refractivity contribution >= 4 is 33.0 Å². The standard InChI is InChI=1S/C19H15FN4O5S/c20-14-3-7-16(8-4-14)23(30(28,29)18-2-1-11-21-12-18)13-19(25)22-15-5-9-17(10-6-15)24(26)27/h1-12H,13H2,(H,22,25). The van der Waals surface area contributed by atoms with E-state index in [2.05, 4.69) is 10.3 Å². The molecule has 11 heteroatoms. The molecule has 0 fully saturated rings. The van der Waals surface area contributed by atoms with Crippen molar-refractivity contribution in [2.45, 2.75) is 4.90 Å². The molecule has 2 aromatic carbocycles. The summed E-state index contributed by atoms with van der Waals surface area (Å²) in [4.78, 5) is 26.3. The maximum Gasteiger partial charge on any atom is 0.269 e. The number of carbonyl (C=O) groups excluding carboxylic acids is 1. The van der Waals surface area contributed by atoms with Gasteiger partial charge in [-0.25, -0.2) is 12.8 Å². The third-order valence-electron chi connectivity index (χ3n) is 3.99. The Kier molecular flexibility index (Phi) is 6.02. The number of amides is 1. The highest BCUT2D eigenvalue weighted by molar-refractivity contribution is 7.92. The van der Waals surface area contributed by atoms with Gasteiger partial charge in [0.15, 0.2) is 0 Å². The number of carbonyl (C=O) groups is 1. The summed E-state index contributed by atoms with van der Waals surface area (Å²) in [6.45, 7) is -0.611. The zero-order chi connectivity index (χ0) is 21.7. The lowest BCUT2D eigenvalue weighted by Gasteiger charge is -2.24. The maximum atomic E-state index is 13.3. The highest BCUT2D eigenvalue weighted by Gasteiger charge is 2.27. The van der Waals surface area contributed by atoms with E-state index in [1.165, 1.54) is 54.7 Å². The van der Waals surface area contributed by atoms with Gasteiger partial charge in [0.25, 0.3) is 15.7 Å². The Bertz CT molecular complexity index is 1150. The van der Waals surface area contributed by atoms with Gasteiger partial charge in [0, 0.05) is 30.2 Å². The second-order valence-electron chi connectivity index (χ2n) is 6.03. The molecule has 0 saturated carbocycles. The van der Waals surface area contributed by atoms with E-state index in [-0.39, 0.29) is 22.0 Å². The summed E-state index contributed by atoms with van der Waals surface area (Å²) in [6.07, 6.45) is 2.54. The summed E-state index contributed by atoms with van der Waals surface area (Å²) in [5.41, 5.74) is 0.183. The summed E-state index contributed by atoms with van der Waals surface area (Å²) in [5, 5.41) is 13.2. The van der Waals surface area contributed by atoms with Crippen molar-refractivity contribution in [3.63, 3.8) is 0 Å². The third-order valence-corrected chi connectivity index (χ3v) is 5.74. The molecule has 0 radical (unpaired) electrons. The zero-order valence-electron chi connectivity index (χ0n) is 15.3. The van der Waals surface area contributed by atoms with E-state index in [9.17, 15) is 27.7 Å². The van der Waals surface area contributed by atoms with Gasteiger partial charge in [-0.3, -0.25) is 24.2 Å². The molecule has 0 saturated heterocycles. The molecule has 3 aromatic rings. The zero-order valence-corrected chi connectivity index (χ0v) is 16.1. The van der Waals surface area contributed by atoms with E-state index in [0.717, 1.165) is 22.6 Å². The molecule has 0 aliphatic heterocycles. The fraction of sp³-hybridized carbons (Fsp3) is 0.0526. The molecule has 0 atom stereocenters. The highest BCUT2D eigenvalue weighted by atomic mass is 32.2. The SMILES string of the molecule is O=C(CN(c1ccc(F)cc1)S(=O)(=O)c1cccnc1)Nc1ccc([N+](=O)[O-])cc1. The molecular weight excluding hydrogens is 415 g/mol. The minimum absolute atomic E-state index is 0.0825. The number of sulfonamides is 1. The van der Waals surface area contributed by atoms with Crippen molar-refractivity contribution in [1.82, 2.24) is 4.98 Å². The number of nitrogens with one attached hydrogen (secondary N) is 1. The van der Waals surface area contributed by atoms with E-state index in [4.69, 9.17) is 0 Å². The molecule has 0 bridgehead atoms. The van der Waals surface area contributed by atoms with Crippen molar-refractivity contribution in [2.24, 2.45) is 0 Å². The Hall–Kier alpha value is -3.86. The van der Waals surface area contributed by atoms with Crippen LogP contribution in [0.3, 0.4) is 0 Å². The molecule has 3 rings (SSSR count). The van der Waals surface area contributed by atoms with Crippen molar-refractivity contribution in [1.29, 1.82) is 0 Å². The number of rotatable bonds is 7. The number of hydrogen-bond donors (Lipinski definition) is 1. The first-order valence-electron chi connectivity index (χ1n) is 8.50. The minimum atomic E-state index is -4.17. The molecule has 1 N–H and O–H groups in total. The number of hydrogen-bond acceptors (Lipinski definition) is 6. The van der Waals surface area contributed by atoms with Crippen LogP contribution < -0.4 is 9.62 Å². The number of anilines is 2. The van der Waals surface area contributed by atoms with E-state index in [1.807, 2.05) is 0 Å². The van der Waals surface area contributed by atoms with Gasteiger partial charge in [-0.15, -0.1) is 0 Å². The molecule has 1 heterocycles. The monoisotopic (exact) mass is 430 g/mol. The van der Waals surface area contributed by atoms with E-state index < -0.39 is 33.2 Å². The summed E-state index contributed by atoms with van der Waals surface area (Å²) in [6, 6.07) is 12.5. The Labute approximate surface area is 171 Å². The first-order valence-corrected chi connectivity index (χ1v) is 9.94. The first kappa shape index (κ1) is 20.9. The predicted molar refractivity (Wildman–Crippen MR) is 107 cm³/mol. The smallest absolute Gasteiger partial charge is 0.269 e. The molecule has 0 spiro atoms. The van der Waals surface area contributed by atoms with Crippen LogP contribution in [0.4, 0.5) is 21.5 Å². The number of nitro groups is 1. The van der Waals surface area contributed by atoms with Crippen LogP contribution >= 0.6 is 0 Å². The molecular formula is C19H15FN4O5S. The summed E-state index contributed by atoms with van der Waals surface area (Å²) in [5.74, 6) is -1.26. The summed E-state index contributed by atoms with van der Waals surface area (Å²) in [7, 11) is -4.17. The highest BCUT2D eigenvalue weighted by Crippen LogP contribution is 2.24. The first-order chi connectivity index (χ1) is 14.3. The van der Waals surface area contributed by atoms with E-state index >= 15 is 0 Å². The maximum absolute atomic E-state index is 13.3. The molecule has 1 aromatic heterocycles. The molecule has 0 unspecified atom stereocenters. The van der Waals surface area contributed by atoms with Gasteiger partial charge in [0.1, 0.15) is 17.3 Å². The van der Waals surface area contributed by atoms with Crippen LogP contribution in [0, 0.1) is 15.9 Å². The van der Waals surface area contributed by atoms with Crippen molar-refractivity contribution in [2.75, 3.05) is 16.2 Å². The number of pyridine rings is 1. The van der Waals surface area contributed by atoms with Gasteiger partial charge in [0.2, 0.25) is 5.91 Å². The molecule has 154 valence electrons. The Balaban J connectivity index is 1.88. The van der Waals surface area contributed by atoms with Crippen LogP contribution in [-0.2, 0) is 14.8 Å². The number of halogens is 1. The predicted octanol–water partition coefficient (Wildman–Crippen LogP) is 2.96. The second kappa shape index (κ2) is 8.66. The molecule has 9 nitrogen and oxygen atoms in total. The quantitative estimate of drug-likeness (QED) is 0.454. The number of nitro benzene ring substituents is 1.